The zero-order valence-electron chi connectivity index (χ0n) is 14.0. The number of benzene rings is 2. The van der Waals surface area contributed by atoms with Crippen LogP contribution in [0.25, 0.3) is 6.08 Å². The third kappa shape index (κ3) is 4.60. The molecule has 6 nitrogen and oxygen atoms in total. The van der Waals surface area contributed by atoms with Crippen molar-refractivity contribution in [1.82, 2.24) is 0 Å². The van der Waals surface area contributed by atoms with Crippen molar-refractivity contribution in [3.63, 3.8) is 0 Å². The molecule has 0 aliphatic rings. The van der Waals surface area contributed by atoms with Crippen molar-refractivity contribution in [2.75, 3.05) is 7.11 Å². The SMILES string of the molecule is COc1cc(/C=C/C(=O)[O-])ccc1OS(=O)(=O)c1cc(C)ccc1C. The average molecular weight is 361 g/mol. The van der Waals surface area contributed by atoms with Crippen LogP contribution in [0.5, 0.6) is 11.5 Å². The number of aliphatic carboxylic acids is 1. The van der Waals surface area contributed by atoms with E-state index in [-0.39, 0.29) is 16.4 Å². The Morgan fingerprint density at radius 1 is 1.08 bits per heavy atom. The number of rotatable bonds is 6. The summed E-state index contributed by atoms with van der Waals surface area (Å²) in [6, 6.07) is 9.43. The van der Waals surface area contributed by atoms with Crippen molar-refractivity contribution in [1.29, 1.82) is 0 Å². The monoisotopic (exact) mass is 361 g/mol. The maximum Gasteiger partial charge on any atom is 0.339 e. The molecule has 2 aromatic rings. The molecule has 0 aromatic heterocycles. The van der Waals surface area contributed by atoms with Gasteiger partial charge in [0.2, 0.25) is 0 Å². The fraction of sp³-hybridized carbons (Fsp3) is 0.167. The fourth-order valence-electron chi connectivity index (χ4n) is 2.16. The Balaban J connectivity index is 2.38. The molecule has 0 aliphatic carbocycles. The molecule has 0 amide bonds. The minimum atomic E-state index is -4.04. The quantitative estimate of drug-likeness (QED) is 0.576. The van der Waals surface area contributed by atoms with E-state index in [1.165, 1.54) is 37.5 Å². The van der Waals surface area contributed by atoms with Gasteiger partial charge < -0.3 is 18.8 Å². The number of ether oxygens (including phenoxy) is 1. The van der Waals surface area contributed by atoms with Gasteiger partial charge >= 0.3 is 10.1 Å². The van der Waals surface area contributed by atoms with Crippen molar-refractivity contribution < 1.29 is 27.2 Å². The molecule has 7 heteroatoms. The summed E-state index contributed by atoms with van der Waals surface area (Å²) in [7, 11) is -2.68. The molecule has 0 atom stereocenters. The molecular weight excluding hydrogens is 344 g/mol. The lowest BCUT2D eigenvalue weighted by atomic mass is 10.2. The summed E-state index contributed by atoms with van der Waals surface area (Å²) >= 11 is 0. The number of carbonyl (C=O) groups is 1. The van der Waals surface area contributed by atoms with E-state index >= 15 is 0 Å². The van der Waals surface area contributed by atoms with Crippen LogP contribution in [0.1, 0.15) is 16.7 Å². The van der Waals surface area contributed by atoms with Gasteiger partial charge in [0.15, 0.2) is 11.5 Å². The Hall–Kier alpha value is -2.80. The van der Waals surface area contributed by atoms with Gasteiger partial charge in [-0.05, 0) is 54.8 Å². The molecule has 0 fully saturated rings. The molecule has 0 spiro atoms. The van der Waals surface area contributed by atoms with Crippen molar-refractivity contribution in [2.24, 2.45) is 0 Å². The predicted octanol–water partition coefficient (Wildman–Crippen LogP) is 1.84. The first-order chi connectivity index (χ1) is 11.7. The van der Waals surface area contributed by atoms with E-state index in [2.05, 4.69) is 0 Å². The van der Waals surface area contributed by atoms with Crippen LogP contribution in [0, 0.1) is 13.8 Å². The van der Waals surface area contributed by atoms with Crippen LogP contribution in [0.3, 0.4) is 0 Å². The minimum absolute atomic E-state index is 0.00834. The highest BCUT2D eigenvalue weighted by molar-refractivity contribution is 7.87. The molecule has 2 aromatic carbocycles. The second-order valence-corrected chi connectivity index (χ2v) is 6.88. The number of methoxy groups -OCH3 is 1. The molecule has 0 aliphatic heterocycles. The first kappa shape index (κ1) is 18.5. The third-order valence-corrected chi connectivity index (χ3v) is 4.79. The number of carboxylic acids is 1. The second kappa shape index (κ2) is 7.40. The van der Waals surface area contributed by atoms with Crippen molar-refractivity contribution >= 4 is 22.2 Å². The van der Waals surface area contributed by atoms with Crippen molar-refractivity contribution in [3.05, 3.63) is 59.2 Å². The third-order valence-electron chi connectivity index (χ3n) is 3.41. The van der Waals surface area contributed by atoms with Crippen molar-refractivity contribution in [2.45, 2.75) is 18.7 Å². The number of hydrogen-bond acceptors (Lipinski definition) is 6. The lowest BCUT2D eigenvalue weighted by molar-refractivity contribution is -0.297. The zero-order chi connectivity index (χ0) is 18.6. The Morgan fingerprint density at radius 3 is 2.44 bits per heavy atom. The number of carboxylic acid groups (broad SMARTS) is 1. The summed E-state index contributed by atoms with van der Waals surface area (Å²) in [6.45, 7) is 3.47. The summed E-state index contributed by atoms with van der Waals surface area (Å²) in [5.41, 5.74) is 1.86. The van der Waals surface area contributed by atoms with E-state index < -0.39 is 16.1 Å². The maximum absolute atomic E-state index is 12.6. The highest BCUT2D eigenvalue weighted by Gasteiger charge is 2.21. The normalized spacial score (nSPS) is 11.5. The highest BCUT2D eigenvalue weighted by Crippen LogP contribution is 2.32. The van der Waals surface area contributed by atoms with Crippen LogP contribution in [-0.4, -0.2) is 21.5 Å². The van der Waals surface area contributed by atoms with E-state index in [1.807, 2.05) is 6.07 Å². The second-order valence-electron chi connectivity index (χ2n) is 5.37. The smallest absolute Gasteiger partial charge is 0.339 e. The van der Waals surface area contributed by atoms with Gasteiger partial charge in [0, 0.05) is 0 Å². The van der Waals surface area contributed by atoms with Crippen molar-refractivity contribution in [3.8, 4) is 11.5 Å². The van der Waals surface area contributed by atoms with E-state index in [1.54, 1.807) is 19.9 Å². The predicted molar refractivity (Wildman–Crippen MR) is 90.8 cm³/mol. The molecule has 0 unspecified atom stereocenters. The van der Waals surface area contributed by atoms with Crippen LogP contribution in [-0.2, 0) is 14.9 Å². The first-order valence-corrected chi connectivity index (χ1v) is 8.72. The highest BCUT2D eigenvalue weighted by atomic mass is 32.2. The Kier molecular flexibility index (Phi) is 5.48. The number of aryl methyl sites for hydroxylation is 2. The van der Waals surface area contributed by atoms with Crippen LogP contribution in [0.4, 0.5) is 0 Å². The van der Waals surface area contributed by atoms with Gasteiger partial charge in [0.1, 0.15) is 4.90 Å². The van der Waals surface area contributed by atoms with Gasteiger partial charge in [0.25, 0.3) is 0 Å². The topological polar surface area (TPSA) is 92.7 Å². The first-order valence-electron chi connectivity index (χ1n) is 7.32. The molecule has 0 radical (unpaired) electrons. The van der Waals surface area contributed by atoms with Crippen LogP contribution in [0.15, 0.2) is 47.4 Å². The minimum Gasteiger partial charge on any atom is -0.545 e. The molecule has 0 saturated carbocycles. The molecule has 132 valence electrons. The van der Waals surface area contributed by atoms with E-state index in [0.717, 1.165) is 11.6 Å². The van der Waals surface area contributed by atoms with Gasteiger partial charge in [-0.15, -0.1) is 0 Å². The van der Waals surface area contributed by atoms with Gasteiger partial charge in [-0.2, -0.15) is 8.42 Å². The summed E-state index contributed by atoms with van der Waals surface area (Å²) < 4.78 is 35.5. The van der Waals surface area contributed by atoms with Gasteiger partial charge in [-0.1, -0.05) is 24.3 Å². The molecule has 0 bridgehead atoms. The Labute approximate surface area is 146 Å². The summed E-state index contributed by atoms with van der Waals surface area (Å²) in [5.74, 6) is -1.17. The van der Waals surface area contributed by atoms with Crippen LogP contribution < -0.4 is 14.0 Å². The van der Waals surface area contributed by atoms with Crippen LogP contribution in [0.2, 0.25) is 0 Å². The summed E-state index contributed by atoms with van der Waals surface area (Å²) in [6.07, 6.45) is 2.17. The van der Waals surface area contributed by atoms with E-state index in [0.29, 0.717) is 11.1 Å². The molecule has 0 saturated heterocycles. The molecular formula is C18H17O6S-. The lowest BCUT2D eigenvalue weighted by Gasteiger charge is -2.13. The Morgan fingerprint density at radius 2 is 1.80 bits per heavy atom. The number of hydrogen-bond donors (Lipinski definition) is 0. The standard InChI is InChI=1S/C18H18O6S/c1-12-4-5-13(2)17(10-12)25(21,22)24-15-8-6-14(7-9-18(19)20)11-16(15)23-3/h4-11H,1-3H3,(H,19,20)/p-1/b9-7+. The van der Waals surface area contributed by atoms with E-state index in [9.17, 15) is 18.3 Å². The van der Waals surface area contributed by atoms with Gasteiger partial charge in [0.05, 0.1) is 13.1 Å². The molecule has 0 N–H and O–H groups in total. The summed E-state index contributed by atoms with van der Waals surface area (Å²) in [5, 5.41) is 10.5. The maximum atomic E-state index is 12.6. The fourth-order valence-corrected chi connectivity index (χ4v) is 3.42. The number of carbonyl (C=O) groups excluding carboxylic acids is 1. The average Bonchev–Trinajstić information content (AvgIpc) is 2.55. The van der Waals surface area contributed by atoms with Crippen LogP contribution >= 0.6 is 0 Å². The molecule has 0 heterocycles. The molecule has 2 rings (SSSR count). The Bertz CT molecular complexity index is 929. The lowest BCUT2D eigenvalue weighted by Crippen LogP contribution is -2.18. The molecule has 25 heavy (non-hydrogen) atoms. The zero-order valence-corrected chi connectivity index (χ0v) is 14.8. The summed E-state index contributed by atoms with van der Waals surface area (Å²) in [4.78, 5) is 10.5. The van der Waals surface area contributed by atoms with Gasteiger partial charge in [-0.25, -0.2) is 0 Å². The largest absolute Gasteiger partial charge is 0.545 e. The van der Waals surface area contributed by atoms with E-state index in [4.69, 9.17) is 8.92 Å². The van der Waals surface area contributed by atoms with Gasteiger partial charge in [-0.3, -0.25) is 0 Å².